The smallest absolute Gasteiger partial charge is 0.429 e. The summed E-state index contributed by atoms with van der Waals surface area (Å²) in [5.41, 5.74) is -1.48. The number of benzene rings is 2. The first-order valence-corrected chi connectivity index (χ1v) is 11.1. The molecule has 4 rings (SSSR count). The summed E-state index contributed by atoms with van der Waals surface area (Å²) >= 11 is 0. The Morgan fingerprint density at radius 1 is 0.794 bits per heavy atom. The lowest BCUT2D eigenvalue weighted by molar-refractivity contribution is -0.189. The molecule has 0 spiro atoms. The molecule has 1 aliphatic heterocycles. The van der Waals surface area contributed by atoms with Gasteiger partial charge in [0.15, 0.2) is 17.5 Å². The van der Waals surface area contributed by atoms with Crippen LogP contribution in [0.4, 0.5) is 30.7 Å². The van der Waals surface area contributed by atoms with E-state index >= 15 is 0 Å². The second kappa shape index (κ2) is 9.73. The van der Waals surface area contributed by atoms with Crippen molar-refractivity contribution in [2.75, 3.05) is 6.61 Å². The highest BCUT2D eigenvalue weighted by molar-refractivity contribution is 5.33. The van der Waals surface area contributed by atoms with Crippen molar-refractivity contribution in [1.29, 1.82) is 0 Å². The normalized spacial score (nSPS) is 25.9. The Balaban J connectivity index is 1.47. The Morgan fingerprint density at radius 2 is 1.38 bits per heavy atom. The molecule has 1 aliphatic carbocycles. The predicted molar refractivity (Wildman–Crippen MR) is 107 cm³/mol. The standard InChI is InChI=1S/C24H23F7O3/c25-17-7-14(12-1-3-13(4-2-12)21-6-5-15(32)11-33-21)8-18(26)22(17)24(30,31)34-16-9-19(27)23(29)20(28)10-16/h7-10,12-13,15,21,32H,1-6,11H2. The molecule has 2 fully saturated rings. The number of hydrogen-bond acceptors (Lipinski definition) is 3. The largest absolute Gasteiger partial charge is 0.432 e. The van der Waals surface area contributed by atoms with E-state index in [0.717, 1.165) is 31.4 Å². The Labute approximate surface area is 191 Å². The summed E-state index contributed by atoms with van der Waals surface area (Å²) in [4.78, 5) is 0. The first-order chi connectivity index (χ1) is 16.0. The fourth-order valence-corrected chi connectivity index (χ4v) is 4.85. The number of hydrogen-bond donors (Lipinski definition) is 1. The van der Waals surface area contributed by atoms with Gasteiger partial charge in [0, 0.05) is 12.1 Å². The van der Waals surface area contributed by atoms with Crippen molar-refractivity contribution in [3.05, 3.63) is 64.5 Å². The molecule has 1 N–H and O–H groups in total. The summed E-state index contributed by atoms with van der Waals surface area (Å²) in [5.74, 6) is -9.69. The van der Waals surface area contributed by atoms with Crippen LogP contribution in [0.3, 0.4) is 0 Å². The van der Waals surface area contributed by atoms with Gasteiger partial charge in [-0.15, -0.1) is 0 Å². The van der Waals surface area contributed by atoms with Crippen LogP contribution in [-0.2, 0) is 10.8 Å². The van der Waals surface area contributed by atoms with Gasteiger partial charge < -0.3 is 14.6 Å². The number of alkyl halides is 2. The highest BCUT2D eigenvalue weighted by Gasteiger charge is 2.42. The molecular weight excluding hydrogens is 469 g/mol. The van der Waals surface area contributed by atoms with Crippen LogP contribution in [0.1, 0.15) is 55.6 Å². The number of halogens is 7. The molecule has 1 saturated heterocycles. The second-order valence-electron chi connectivity index (χ2n) is 8.89. The highest BCUT2D eigenvalue weighted by atomic mass is 19.3. The van der Waals surface area contributed by atoms with E-state index < -0.39 is 52.6 Å². The van der Waals surface area contributed by atoms with Gasteiger partial charge in [-0.3, -0.25) is 0 Å². The molecule has 3 nitrogen and oxygen atoms in total. The number of rotatable bonds is 5. The minimum Gasteiger partial charge on any atom is -0.429 e. The topological polar surface area (TPSA) is 38.7 Å². The molecule has 2 unspecified atom stereocenters. The lowest BCUT2D eigenvalue weighted by Gasteiger charge is -2.37. The van der Waals surface area contributed by atoms with Gasteiger partial charge in [0.05, 0.1) is 18.8 Å². The first-order valence-electron chi connectivity index (χ1n) is 11.1. The number of aliphatic hydroxyl groups is 1. The molecular formula is C24H23F7O3. The highest BCUT2D eigenvalue weighted by Crippen LogP contribution is 2.42. The zero-order chi connectivity index (χ0) is 24.6. The van der Waals surface area contributed by atoms with Crippen molar-refractivity contribution in [2.45, 2.75) is 62.8 Å². The second-order valence-corrected chi connectivity index (χ2v) is 8.89. The van der Waals surface area contributed by atoms with E-state index in [1.807, 2.05) is 0 Å². The van der Waals surface area contributed by atoms with Crippen LogP contribution < -0.4 is 4.74 Å². The van der Waals surface area contributed by atoms with E-state index in [-0.39, 0.29) is 42.2 Å². The minimum atomic E-state index is -4.61. The van der Waals surface area contributed by atoms with Gasteiger partial charge in [0.1, 0.15) is 22.9 Å². The van der Waals surface area contributed by atoms with Gasteiger partial charge in [-0.05, 0) is 68.1 Å². The Bertz CT molecular complexity index is 983. The summed E-state index contributed by atoms with van der Waals surface area (Å²) in [5, 5.41) is 9.56. The molecule has 2 aromatic rings. The summed E-state index contributed by atoms with van der Waals surface area (Å²) < 4.78 is 108. The Kier molecular flexibility index (Phi) is 7.09. The van der Waals surface area contributed by atoms with E-state index in [2.05, 4.69) is 4.74 Å². The maximum absolute atomic E-state index is 14.6. The summed E-state index contributed by atoms with van der Waals surface area (Å²) in [6.07, 6.45) is -0.990. The average Bonchev–Trinajstić information content (AvgIpc) is 2.77. The van der Waals surface area contributed by atoms with E-state index in [0.29, 0.717) is 19.3 Å². The van der Waals surface area contributed by atoms with Crippen LogP contribution in [0.5, 0.6) is 5.75 Å². The quantitative estimate of drug-likeness (QED) is 0.392. The van der Waals surface area contributed by atoms with Gasteiger partial charge in [0.25, 0.3) is 0 Å². The third-order valence-corrected chi connectivity index (χ3v) is 6.61. The number of aliphatic hydroxyl groups excluding tert-OH is 1. The molecule has 2 aromatic carbocycles. The number of ether oxygens (including phenoxy) is 2. The third kappa shape index (κ3) is 5.17. The fraction of sp³-hybridized carbons (Fsp3) is 0.500. The molecule has 10 heteroatoms. The van der Waals surface area contributed by atoms with Crippen molar-refractivity contribution in [1.82, 2.24) is 0 Å². The van der Waals surface area contributed by atoms with E-state index in [4.69, 9.17) is 4.74 Å². The zero-order valence-corrected chi connectivity index (χ0v) is 18.0. The molecule has 0 bridgehead atoms. The maximum Gasteiger partial charge on any atom is 0.432 e. The fourth-order valence-electron chi connectivity index (χ4n) is 4.85. The maximum atomic E-state index is 14.6. The van der Waals surface area contributed by atoms with Gasteiger partial charge in [-0.1, -0.05) is 0 Å². The van der Waals surface area contributed by atoms with Gasteiger partial charge >= 0.3 is 6.11 Å². The van der Waals surface area contributed by atoms with Crippen molar-refractivity contribution in [2.24, 2.45) is 5.92 Å². The van der Waals surface area contributed by atoms with Crippen LogP contribution in [0.2, 0.25) is 0 Å². The third-order valence-electron chi connectivity index (χ3n) is 6.61. The Morgan fingerprint density at radius 3 is 1.91 bits per heavy atom. The summed E-state index contributed by atoms with van der Waals surface area (Å²) in [6, 6.07) is 1.96. The SMILES string of the molecule is OC1CCC(C2CCC(c3cc(F)c(C(F)(F)Oc4cc(F)c(F)c(F)c4)c(F)c3)CC2)OC1. The van der Waals surface area contributed by atoms with Crippen LogP contribution in [0, 0.1) is 35.0 Å². The first kappa shape index (κ1) is 24.8. The molecule has 1 saturated carbocycles. The van der Waals surface area contributed by atoms with E-state index in [1.165, 1.54) is 0 Å². The van der Waals surface area contributed by atoms with Crippen LogP contribution in [-0.4, -0.2) is 23.9 Å². The molecule has 34 heavy (non-hydrogen) atoms. The molecule has 186 valence electrons. The van der Waals surface area contributed by atoms with Crippen molar-refractivity contribution < 1.29 is 45.3 Å². The van der Waals surface area contributed by atoms with Crippen LogP contribution in [0.15, 0.2) is 24.3 Å². The molecule has 0 radical (unpaired) electrons. The molecule has 0 aromatic heterocycles. The van der Waals surface area contributed by atoms with E-state index in [9.17, 15) is 35.8 Å². The predicted octanol–water partition coefficient (Wildman–Crippen LogP) is 6.32. The van der Waals surface area contributed by atoms with E-state index in [1.54, 1.807) is 0 Å². The average molecular weight is 492 g/mol. The van der Waals surface area contributed by atoms with Crippen molar-refractivity contribution in [3.63, 3.8) is 0 Å². The van der Waals surface area contributed by atoms with Crippen molar-refractivity contribution in [3.8, 4) is 5.75 Å². The van der Waals surface area contributed by atoms with Crippen LogP contribution in [0.25, 0.3) is 0 Å². The Hall–Kier alpha value is -2.33. The van der Waals surface area contributed by atoms with Gasteiger partial charge in [0.2, 0.25) is 0 Å². The summed E-state index contributed by atoms with van der Waals surface area (Å²) in [6.45, 7) is 0.288. The molecule has 0 amide bonds. The lowest BCUT2D eigenvalue weighted by atomic mass is 9.75. The van der Waals surface area contributed by atoms with Crippen molar-refractivity contribution >= 4 is 0 Å². The molecule has 1 heterocycles. The van der Waals surface area contributed by atoms with Gasteiger partial charge in [-0.2, -0.15) is 8.78 Å². The minimum absolute atomic E-state index is 0.0252. The zero-order valence-electron chi connectivity index (χ0n) is 18.0. The molecule has 2 atom stereocenters. The molecule has 2 aliphatic rings. The van der Waals surface area contributed by atoms with Gasteiger partial charge in [-0.25, -0.2) is 22.0 Å². The monoisotopic (exact) mass is 492 g/mol. The van der Waals surface area contributed by atoms with Crippen LogP contribution >= 0.6 is 0 Å². The summed E-state index contributed by atoms with van der Waals surface area (Å²) in [7, 11) is 0. The lowest BCUT2D eigenvalue weighted by Crippen LogP contribution is -2.35.